The van der Waals surface area contributed by atoms with Crippen LogP contribution in [-0.4, -0.2) is 55.8 Å². The van der Waals surface area contributed by atoms with Crippen molar-refractivity contribution in [2.45, 2.75) is 18.4 Å². The standard InChI is InChI=1S/C21H22ClNO10P2/c1-23-7-6-12(18(10-23)32-34(26)27)19-17(33-35(28,29)30)9-15(25)20-14(24)8-16(31-21(19)20)11-4-2-3-5-13(11)22/h2-5,8-9,12,18,25-27H,6-7,10H2,1H3,(H2,28,29,30). The van der Waals surface area contributed by atoms with E-state index >= 15 is 0 Å². The van der Waals surface area contributed by atoms with Crippen LogP contribution in [0, 0.1) is 0 Å². The topological polar surface area (TPSA) is 170 Å². The number of phenolic OH excluding ortho intramolecular Hbond substituents is 1. The molecular formula is C21H22ClNO10P2. The van der Waals surface area contributed by atoms with E-state index in [1.54, 1.807) is 31.3 Å². The predicted octanol–water partition coefficient (Wildman–Crippen LogP) is 3.31. The minimum atomic E-state index is -5.11. The largest absolute Gasteiger partial charge is 0.524 e. The summed E-state index contributed by atoms with van der Waals surface area (Å²) < 4.78 is 28.0. The van der Waals surface area contributed by atoms with Gasteiger partial charge < -0.3 is 33.3 Å². The predicted molar refractivity (Wildman–Crippen MR) is 128 cm³/mol. The van der Waals surface area contributed by atoms with Gasteiger partial charge >= 0.3 is 16.4 Å². The molecule has 2 unspecified atom stereocenters. The third-order valence-electron chi connectivity index (χ3n) is 5.70. The van der Waals surface area contributed by atoms with Gasteiger partial charge in [-0.3, -0.25) is 14.6 Å². The molecule has 35 heavy (non-hydrogen) atoms. The third-order valence-corrected chi connectivity index (χ3v) is 6.92. The van der Waals surface area contributed by atoms with Crippen molar-refractivity contribution >= 4 is 39.0 Å². The van der Waals surface area contributed by atoms with Crippen molar-refractivity contribution in [3.63, 3.8) is 0 Å². The van der Waals surface area contributed by atoms with E-state index in [4.69, 9.17) is 25.1 Å². The zero-order valence-corrected chi connectivity index (χ0v) is 20.8. The van der Waals surface area contributed by atoms with E-state index in [0.29, 0.717) is 18.5 Å². The maximum absolute atomic E-state index is 13.1. The molecule has 188 valence electrons. The number of benzene rings is 2. The molecule has 2 atom stereocenters. The van der Waals surface area contributed by atoms with Crippen LogP contribution >= 0.6 is 28.0 Å². The Balaban J connectivity index is 2.04. The molecule has 0 radical (unpaired) electrons. The number of piperidine rings is 1. The number of hydrogen-bond acceptors (Lipinski definition) is 9. The lowest BCUT2D eigenvalue weighted by atomic mass is 9.85. The second-order valence-electron chi connectivity index (χ2n) is 8.10. The molecule has 0 spiro atoms. The molecule has 11 nitrogen and oxygen atoms in total. The van der Waals surface area contributed by atoms with Crippen molar-refractivity contribution in [3.05, 3.63) is 57.2 Å². The highest BCUT2D eigenvalue weighted by Gasteiger charge is 2.37. The van der Waals surface area contributed by atoms with Gasteiger partial charge in [-0.2, -0.15) is 0 Å². The fourth-order valence-corrected chi connectivity index (χ4v) is 5.38. The van der Waals surface area contributed by atoms with Crippen molar-refractivity contribution in [3.8, 4) is 22.8 Å². The molecule has 5 N–H and O–H groups in total. The number of nitrogens with zero attached hydrogens (tertiary/aromatic N) is 1. The van der Waals surface area contributed by atoms with E-state index in [2.05, 4.69) is 0 Å². The van der Waals surface area contributed by atoms with Crippen LogP contribution in [0.25, 0.3) is 22.3 Å². The molecule has 14 heteroatoms. The van der Waals surface area contributed by atoms with Gasteiger partial charge in [-0.25, -0.2) is 4.57 Å². The third kappa shape index (κ3) is 5.70. The molecule has 1 aliphatic rings. The number of phosphoric acid groups is 1. The van der Waals surface area contributed by atoms with Gasteiger partial charge in [-0.1, -0.05) is 23.7 Å². The van der Waals surface area contributed by atoms with Gasteiger partial charge in [-0.05, 0) is 32.1 Å². The number of likely N-dealkylation sites (tertiary alicyclic amines) is 1. The molecule has 3 aromatic rings. The average molecular weight is 546 g/mol. The molecule has 1 saturated heterocycles. The quantitative estimate of drug-likeness (QED) is 0.288. The van der Waals surface area contributed by atoms with Crippen LogP contribution < -0.4 is 9.95 Å². The van der Waals surface area contributed by atoms with Crippen molar-refractivity contribution in [2.24, 2.45) is 0 Å². The Morgan fingerprint density at radius 2 is 1.94 bits per heavy atom. The number of aromatic hydroxyl groups is 1. The first kappa shape index (κ1) is 26.0. The van der Waals surface area contributed by atoms with E-state index in [0.717, 1.165) is 12.1 Å². The van der Waals surface area contributed by atoms with E-state index in [9.17, 15) is 34.0 Å². The van der Waals surface area contributed by atoms with Crippen molar-refractivity contribution in [1.82, 2.24) is 4.90 Å². The smallest absolute Gasteiger partial charge is 0.507 e. The zero-order chi connectivity index (χ0) is 25.5. The van der Waals surface area contributed by atoms with E-state index in [1.807, 2.05) is 4.90 Å². The molecule has 1 fully saturated rings. The van der Waals surface area contributed by atoms with Crippen LogP contribution in [0.3, 0.4) is 0 Å². The molecule has 0 saturated carbocycles. The lowest BCUT2D eigenvalue weighted by molar-refractivity contribution is 0.0712. The number of fused-ring (bicyclic) bond motifs is 1. The van der Waals surface area contributed by atoms with Gasteiger partial charge in [0, 0.05) is 35.7 Å². The molecule has 2 aromatic carbocycles. The Kier molecular flexibility index (Phi) is 7.54. The van der Waals surface area contributed by atoms with Gasteiger partial charge in [0.25, 0.3) is 0 Å². The SMILES string of the molecule is CN1CCC(c2c(OP(=O)(O)O)cc(O)c3c(=O)cc(-c4ccccc4Cl)oc23)C(OP(O)O)C1. The summed E-state index contributed by atoms with van der Waals surface area (Å²) in [5.41, 5.74) is -0.383. The van der Waals surface area contributed by atoms with Crippen LogP contribution in [0.15, 0.2) is 45.6 Å². The lowest BCUT2D eigenvalue weighted by Crippen LogP contribution is -2.41. The van der Waals surface area contributed by atoms with Gasteiger partial charge in [-0.15, -0.1) is 0 Å². The number of hydrogen-bond donors (Lipinski definition) is 5. The fraction of sp³-hybridized carbons (Fsp3) is 0.286. The Hall–Kier alpha value is -2.04. The Morgan fingerprint density at radius 3 is 2.60 bits per heavy atom. The van der Waals surface area contributed by atoms with E-state index < -0.39 is 45.4 Å². The number of halogens is 1. The number of phosphoric ester groups is 1. The molecule has 1 aromatic heterocycles. The molecular weight excluding hydrogens is 524 g/mol. The van der Waals surface area contributed by atoms with Gasteiger partial charge in [0.1, 0.15) is 28.2 Å². The van der Waals surface area contributed by atoms with Gasteiger partial charge in [0.15, 0.2) is 5.43 Å². The van der Waals surface area contributed by atoms with Crippen LogP contribution in [-0.2, 0) is 9.09 Å². The second-order valence-corrected chi connectivity index (χ2v) is 10.4. The van der Waals surface area contributed by atoms with Crippen LogP contribution in [0.4, 0.5) is 0 Å². The minimum Gasteiger partial charge on any atom is -0.507 e. The zero-order valence-electron chi connectivity index (χ0n) is 18.2. The first-order valence-electron chi connectivity index (χ1n) is 10.3. The highest BCUT2D eigenvalue weighted by Crippen LogP contribution is 2.49. The first-order chi connectivity index (χ1) is 16.4. The Morgan fingerprint density at radius 1 is 1.23 bits per heavy atom. The highest BCUT2D eigenvalue weighted by atomic mass is 35.5. The molecule has 4 rings (SSSR count). The Bertz CT molecular complexity index is 1360. The molecule has 1 aliphatic heterocycles. The summed E-state index contributed by atoms with van der Waals surface area (Å²) >= 11 is 6.28. The summed E-state index contributed by atoms with van der Waals surface area (Å²) in [4.78, 5) is 53.0. The normalized spacial score (nSPS) is 19.4. The number of likely N-dealkylation sites (N-methyl/N-ethyl adjacent to an activating group) is 1. The van der Waals surface area contributed by atoms with E-state index in [-0.39, 0.29) is 33.9 Å². The van der Waals surface area contributed by atoms with Gasteiger partial charge in [0.05, 0.1) is 11.1 Å². The Labute approximate surface area is 205 Å². The molecule has 0 bridgehead atoms. The highest BCUT2D eigenvalue weighted by molar-refractivity contribution is 7.46. The summed E-state index contributed by atoms with van der Waals surface area (Å²) in [6, 6.07) is 8.67. The molecule has 2 heterocycles. The number of rotatable bonds is 6. The summed E-state index contributed by atoms with van der Waals surface area (Å²) in [5, 5.41) is 10.6. The van der Waals surface area contributed by atoms with Crippen LogP contribution in [0.5, 0.6) is 11.5 Å². The minimum absolute atomic E-state index is 0.0436. The summed E-state index contributed by atoms with van der Waals surface area (Å²) in [6.45, 7) is 0.738. The molecule has 0 amide bonds. The van der Waals surface area contributed by atoms with Crippen LogP contribution in [0.2, 0.25) is 5.02 Å². The number of phenols is 1. The van der Waals surface area contributed by atoms with Crippen molar-refractivity contribution in [1.29, 1.82) is 0 Å². The second kappa shape index (κ2) is 10.1. The first-order valence-corrected chi connectivity index (χ1v) is 13.4. The average Bonchev–Trinajstić information content (AvgIpc) is 2.73. The molecule has 0 aliphatic carbocycles. The summed E-state index contributed by atoms with van der Waals surface area (Å²) in [5.74, 6) is -1.72. The summed E-state index contributed by atoms with van der Waals surface area (Å²) in [7, 11) is -6.10. The van der Waals surface area contributed by atoms with Gasteiger partial charge in [0.2, 0.25) is 0 Å². The van der Waals surface area contributed by atoms with Crippen molar-refractivity contribution in [2.75, 3.05) is 20.1 Å². The van der Waals surface area contributed by atoms with Crippen molar-refractivity contribution < 1.29 is 42.7 Å². The lowest BCUT2D eigenvalue weighted by Gasteiger charge is -2.37. The van der Waals surface area contributed by atoms with Crippen LogP contribution in [0.1, 0.15) is 17.9 Å². The maximum Gasteiger partial charge on any atom is 0.524 e. The summed E-state index contributed by atoms with van der Waals surface area (Å²) in [6.07, 6.45) is -0.544. The maximum atomic E-state index is 13.1. The fourth-order valence-electron chi connectivity index (χ4n) is 4.29. The van der Waals surface area contributed by atoms with E-state index in [1.165, 1.54) is 0 Å². The monoisotopic (exact) mass is 545 g/mol.